The minimum atomic E-state index is 0.720. The fourth-order valence-corrected chi connectivity index (χ4v) is 2.12. The lowest BCUT2D eigenvalue weighted by Gasteiger charge is -2.15. The summed E-state index contributed by atoms with van der Waals surface area (Å²) in [5.74, 6) is 1.67. The Morgan fingerprint density at radius 3 is 2.25 bits per heavy atom. The van der Waals surface area contributed by atoms with E-state index in [0.29, 0.717) is 0 Å². The number of unbranched alkanes of at least 4 members (excludes halogenated alkanes) is 2. The lowest BCUT2D eigenvalue weighted by atomic mass is 9.91. The molecule has 0 aliphatic heterocycles. The van der Waals surface area contributed by atoms with Gasteiger partial charge in [0.05, 0.1) is 7.11 Å². The normalized spacial score (nSPS) is 12.4. The van der Waals surface area contributed by atoms with E-state index < -0.39 is 0 Å². The zero-order valence-electron chi connectivity index (χ0n) is 10.8. The molecular weight excluding hydrogens is 196 g/mol. The SMILES string of the molecule is CCCCCC(CC)c1ccc(OC)cc1. The summed E-state index contributed by atoms with van der Waals surface area (Å²) in [5.41, 5.74) is 1.46. The third kappa shape index (κ3) is 3.88. The molecule has 0 spiro atoms. The maximum absolute atomic E-state index is 5.18. The van der Waals surface area contributed by atoms with Gasteiger partial charge >= 0.3 is 0 Å². The second kappa shape index (κ2) is 7.32. The van der Waals surface area contributed by atoms with E-state index in [0.717, 1.165) is 11.7 Å². The van der Waals surface area contributed by atoms with Gasteiger partial charge in [0.2, 0.25) is 0 Å². The molecule has 1 aromatic carbocycles. The third-order valence-corrected chi connectivity index (χ3v) is 3.24. The van der Waals surface area contributed by atoms with Crippen molar-refractivity contribution in [3.05, 3.63) is 29.8 Å². The molecule has 0 aliphatic carbocycles. The lowest BCUT2D eigenvalue weighted by Crippen LogP contribution is -1.97. The molecule has 0 heterocycles. The zero-order valence-corrected chi connectivity index (χ0v) is 10.8. The number of hydrogen-bond donors (Lipinski definition) is 0. The Hall–Kier alpha value is -0.980. The minimum Gasteiger partial charge on any atom is -0.497 e. The molecule has 0 saturated carbocycles. The number of rotatable bonds is 7. The average molecular weight is 220 g/mol. The van der Waals surface area contributed by atoms with Gasteiger partial charge in [-0.3, -0.25) is 0 Å². The monoisotopic (exact) mass is 220 g/mol. The molecule has 1 rings (SSSR count). The first-order chi connectivity index (χ1) is 7.81. The van der Waals surface area contributed by atoms with E-state index in [1.165, 1.54) is 37.7 Å². The highest BCUT2D eigenvalue weighted by atomic mass is 16.5. The summed E-state index contributed by atoms with van der Waals surface area (Å²) >= 11 is 0. The smallest absolute Gasteiger partial charge is 0.118 e. The van der Waals surface area contributed by atoms with E-state index >= 15 is 0 Å². The van der Waals surface area contributed by atoms with Crippen LogP contribution in [0.3, 0.4) is 0 Å². The van der Waals surface area contributed by atoms with Crippen molar-refractivity contribution in [3.8, 4) is 5.75 Å². The van der Waals surface area contributed by atoms with Gasteiger partial charge in [0.25, 0.3) is 0 Å². The van der Waals surface area contributed by atoms with Crippen molar-refractivity contribution in [1.29, 1.82) is 0 Å². The molecule has 0 aromatic heterocycles. The summed E-state index contributed by atoms with van der Waals surface area (Å²) in [6.45, 7) is 4.54. The van der Waals surface area contributed by atoms with Crippen molar-refractivity contribution in [2.24, 2.45) is 0 Å². The van der Waals surface area contributed by atoms with Crippen LogP contribution in [0, 0.1) is 0 Å². The fraction of sp³-hybridized carbons (Fsp3) is 0.600. The second-order valence-electron chi connectivity index (χ2n) is 4.37. The lowest BCUT2D eigenvalue weighted by molar-refractivity contribution is 0.414. The van der Waals surface area contributed by atoms with Gasteiger partial charge in [-0.1, -0.05) is 45.2 Å². The Kier molecular flexibility index (Phi) is 5.99. The highest BCUT2D eigenvalue weighted by Crippen LogP contribution is 2.27. The summed E-state index contributed by atoms with van der Waals surface area (Å²) in [6.07, 6.45) is 6.56. The van der Waals surface area contributed by atoms with Crippen molar-refractivity contribution >= 4 is 0 Å². The van der Waals surface area contributed by atoms with E-state index in [2.05, 4.69) is 38.1 Å². The van der Waals surface area contributed by atoms with Gasteiger partial charge in [-0.15, -0.1) is 0 Å². The van der Waals surface area contributed by atoms with Crippen molar-refractivity contribution in [1.82, 2.24) is 0 Å². The molecule has 1 atom stereocenters. The first-order valence-electron chi connectivity index (χ1n) is 6.45. The van der Waals surface area contributed by atoms with Crippen LogP contribution in [0.2, 0.25) is 0 Å². The van der Waals surface area contributed by atoms with Gasteiger partial charge in [-0.2, -0.15) is 0 Å². The predicted octanol–water partition coefficient (Wildman–Crippen LogP) is 4.77. The Labute approximate surface area is 99.8 Å². The summed E-state index contributed by atoms with van der Waals surface area (Å²) in [7, 11) is 1.72. The molecule has 1 unspecified atom stereocenters. The van der Waals surface area contributed by atoms with Crippen molar-refractivity contribution in [3.63, 3.8) is 0 Å². The van der Waals surface area contributed by atoms with Crippen molar-refractivity contribution in [2.75, 3.05) is 7.11 Å². The third-order valence-electron chi connectivity index (χ3n) is 3.24. The Morgan fingerprint density at radius 1 is 1.06 bits per heavy atom. The average Bonchev–Trinajstić information content (AvgIpc) is 2.35. The molecule has 0 N–H and O–H groups in total. The number of benzene rings is 1. The highest BCUT2D eigenvalue weighted by Gasteiger charge is 2.08. The maximum atomic E-state index is 5.18. The van der Waals surface area contributed by atoms with Gasteiger partial charge in [-0.25, -0.2) is 0 Å². The van der Waals surface area contributed by atoms with Crippen LogP contribution in [-0.4, -0.2) is 7.11 Å². The second-order valence-corrected chi connectivity index (χ2v) is 4.37. The van der Waals surface area contributed by atoms with Crippen LogP contribution >= 0.6 is 0 Å². The Morgan fingerprint density at radius 2 is 1.75 bits per heavy atom. The molecule has 0 aliphatic rings. The molecule has 90 valence electrons. The molecule has 1 aromatic rings. The standard InChI is InChI=1S/C15H24O/c1-4-6-7-8-13(5-2)14-9-11-15(16-3)12-10-14/h9-13H,4-8H2,1-3H3. The van der Waals surface area contributed by atoms with E-state index in [9.17, 15) is 0 Å². The van der Waals surface area contributed by atoms with Gasteiger partial charge in [0.1, 0.15) is 5.75 Å². The van der Waals surface area contributed by atoms with Gasteiger partial charge < -0.3 is 4.74 Å². The highest BCUT2D eigenvalue weighted by molar-refractivity contribution is 5.29. The molecule has 1 heteroatoms. The zero-order chi connectivity index (χ0) is 11.8. The van der Waals surface area contributed by atoms with Crippen molar-refractivity contribution < 1.29 is 4.74 Å². The molecule has 16 heavy (non-hydrogen) atoms. The van der Waals surface area contributed by atoms with Gasteiger partial charge in [0.15, 0.2) is 0 Å². The Balaban J connectivity index is 2.56. The number of ether oxygens (including phenoxy) is 1. The van der Waals surface area contributed by atoms with E-state index in [1.807, 2.05) is 0 Å². The fourth-order valence-electron chi connectivity index (χ4n) is 2.12. The largest absolute Gasteiger partial charge is 0.497 e. The van der Waals surface area contributed by atoms with Crippen LogP contribution in [0.1, 0.15) is 57.4 Å². The first kappa shape index (κ1) is 13.1. The predicted molar refractivity (Wildman–Crippen MR) is 70.2 cm³/mol. The van der Waals surface area contributed by atoms with Gasteiger partial charge in [-0.05, 0) is 36.5 Å². The molecule has 0 bridgehead atoms. The van der Waals surface area contributed by atoms with E-state index in [-0.39, 0.29) is 0 Å². The molecule has 0 saturated heterocycles. The van der Waals surface area contributed by atoms with Crippen LogP contribution in [0.5, 0.6) is 5.75 Å². The maximum Gasteiger partial charge on any atom is 0.118 e. The number of hydrogen-bond acceptors (Lipinski definition) is 1. The summed E-state index contributed by atoms with van der Waals surface area (Å²) in [6, 6.07) is 8.55. The van der Waals surface area contributed by atoms with E-state index in [1.54, 1.807) is 7.11 Å². The summed E-state index contributed by atoms with van der Waals surface area (Å²) in [4.78, 5) is 0. The molecule has 0 fully saturated rings. The van der Waals surface area contributed by atoms with Crippen LogP contribution in [-0.2, 0) is 0 Å². The molecule has 1 nitrogen and oxygen atoms in total. The molecule has 0 radical (unpaired) electrons. The first-order valence-corrected chi connectivity index (χ1v) is 6.45. The quantitative estimate of drug-likeness (QED) is 0.601. The van der Waals surface area contributed by atoms with Crippen molar-refractivity contribution in [2.45, 2.75) is 51.9 Å². The van der Waals surface area contributed by atoms with E-state index in [4.69, 9.17) is 4.74 Å². The van der Waals surface area contributed by atoms with Crippen LogP contribution in [0.4, 0.5) is 0 Å². The minimum absolute atomic E-state index is 0.720. The van der Waals surface area contributed by atoms with Gasteiger partial charge in [0, 0.05) is 0 Å². The summed E-state index contributed by atoms with van der Waals surface area (Å²) < 4.78 is 5.18. The topological polar surface area (TPSA) is 9.23 Å². The number of methoxy groups -OCH3 is 1. The van der Waals surface area contributed by atoms with Crippen LogP contribution < -0.4 is 4.74 Å². The molecular formula is C15H24O. The van der Waals surface area contributed by atoms with Crippen LogP contribution in [0.25, 0.3) is 0 Å². The van der Waals surface area contributed by atoms with Crippen LogP contribution in [0.15, 0.2) is 24.3 Å². The Bertz CT molecular complexity index is 276. The summed E-state index contributed by atoms with van der Waals surface area (Å²) in [5, 5.41) is 0. The molecule has 0 amide bonds.